The van der Waals surface area contributed by atoms with Gasteiger partial charge in [0.05, 0.1) is 17.4 Å². The summed E-state index contributed by atoms with van der Waals surface area (Å²) in [5, 5.41) is 3.51. The van der Waals surface area contributed by atoms with Gasteiger partial charge in [-0.15, -0.1) is 0 Å². The number of carbonyl (C=O) groups is 1. The second-order valence-corrected chi connectivity index (χ2v) is 8.45. The van der Waals surface area contributed by atoms with Gasteiger partial charge in [-0.1, -0.05) is 6.07 Å². The van der Waals surface area contributed by atoms with Crippen LogP contribution < -0.4 is 20.7 Å². The van der Waals surface area contributed by atoms with Crippen molar-refractivity contribution in [2.45, 2.75) is 37.8 Å². The SMILES string of the molecule is CNc1ncc2c(n1)N1CCC[C@H]1CN(c1cccc3c(=O)n(C4CC4)cnc13)C2=O. The number of hydrogen-bond donors (Lipinski definition) is 1. The zero-order valence-corrected chi connectivity index (χ0v) is 17.3. The normalized spacial score (nSPS) is 20.5. The average molecular weight is 417 g/mol. The Bertz CT molecular complexity index is 1270. The quantitative estimate of drug-likeness (QED) is 0.698. The van der Waals surface area contributed by atoms with E-state index in [0.717, 1.165) is 32.2 Å². The van der Waals surface area contributed by atoms with E-state index in [0.29, 0.717) is 40.5 Å². The molecule has 3 aromatic rings. The van der Waals surface area contributed by atoms with Crippen molar-refractivity contribution in [2.24, 2.45) is 0 Å². The van der Waals surface area contributed by atoms with Gasteiger partial charge in [-0.05, 0) is 37.8 Å². The Morgan fingerprint density at radius 3 is 2.77 bits per heavy atom. The lowest BCUT2D eigenvalue weighted by Gasteiger charge is -2.27. The van der Waals surface area contributed by atoms with Gasteiger partial charge in [0.25, 0.3) is 11.5 Å². The molecule has 3 aliphatic rings. The number of nitrogens with one attached hydrogen (secondary N) is 1. The predicted octanol–water partition coefficient (Wildman–Crippen LogP) is 2.19. The van der Waals surface area contributed by atoms with Gasteiger partial charge < -0.3 is 15.1 Å². The van der Waals surface area contributed by atoms with Gasteiger partial charge in [-0.2, -0.15) is 4.98 Å². The van der Waals surface area contributed by atoms with Crippen molar-refractivity contribution >= 4 is 34.3 Å². The van der Waals surface area contributed by atoms with Crippen molar-refractivity contribution in [3.63, 3.8) is 0 Å². The first-order valence-corrected chi connectivity index (χ1v) is 10.8. The van der Waals surface area contributed by atoms with Gasteiger partial charge in [-0.25, -0.2) is 9.97 Å². The molecule has 6 rings (SSSR count). The molecule has 1 N–H and O–H groups in total. The Kier molecular flexibility index (Phi) is 3.99. The fraction of sp³-hybridized carbons (Fsp3) is 0.409. The highest BCUT2D eigenvalue weighted by molar-refractivity contribution is 6.13. The number of nitrogens with zero attached hydrogens (tertiary/aromatic N) is 6. The molecule has 9 heteroatoms. The van der Waals surface area contributed by atoms with Crippen LogP contribution in [0.15, 0.2) is 35.5 Å². The topological polar surface area (TPSA) is 96.2 Å². The molecule has 2 aliphatic heterocycles. The summed E-state index contributed by atoms with van der Waals surface area (Å²) >= 11 is 0. The van der Waals surface area contributed by atoms with E-state index in [-0.39, 0.29) is 23.6 Å². The Balaban J connectivity index is 1.51. The summed E-state index contributed by atoms with van der Waals surface area (Å²) in [5.41, 5.74) is 1.67. The van der Waals surface area contributed by atoms with Crippen LogP contribution in [-0.4, -0.2) is 51.6 Å². The number of para-hydroxylation sites is 1. The molecule has 31 heavy (non-hydrogen) atoms. The number of amides is 1. The summed E-state index contributed by atoms with van der Waals surface area (Å²) in [6.07, 6.45) is 7.29. The predicted molar refractivity (Wildman–Crippen MR) is 118 cm³/mol. The minimum Gasteiger partial charge on any atom is -0.357 e. The standard InChI is InChI=1S/C22H23N7O2/c1-23-22-24-10-16-19(26-22)27-9-3-4-14(27)11-28(21(16)31)17-6-2-5-15-18(17)25-12-29(20(15)30)13-7-8-13/h2,5-6,10,12-14H,3-4,7-9,11H2,1H3,(H,23,24,26)/t14-/m0/s1. The van der Waals surface area contributed by atoms with Crippen LogP contribution in [0, 0.1) is 0 Å². The van der Waals surface area contributed by atoms with Crippen molar-refractivity contribution in [1.82, 2.24) is 19.5 Å². The van der Waals surface area contributed by atoms with E-state index in [1.165, 1.54) is 0 Å². The summed E-state index contributed by atoms with van der Waals surface area (Å²) in [6, 6.07) is 5.93. The zero-order chi connectivity index (χ0) is 21.1. The molecule has 9 nitrogen and oxygen atoms in total. The first-order valence-electron chi connectivity index (χ1n) is 10.8. The van der Waals surface area contributed by atoms with Crippen molar-refractivity contribution in [1.29, 1.82) is 0 Å². The van der Waals surface area contributed by atoms with Gasteiger partial charge in [0.15, 0.2) is 0 Å². The first-order chi connectivity index (χ1) is 15.2. The molecule has 1 aromatic carbocycles. The number of fused-ring (bicyclic) bond motifs is 4. The van der Waals surface area contributed by atoms with E-state index in [1.807, 2.05) is 12.1 Å². The fourth-order valence-corrected chi connectivity index (χ4v) is 4.80. The maximum atomic E-state index is 13.7. The third-order valence-electron chi connectivity index (χ3n) is 6.53. The maximum Gasteiger partial charge on any atom is 0.263 e. The second-order valence-electron chi connectivity index (χ2n) is 8.45. The smallest absolute Gasteiger partial charge is 0.263 e. The highest BCUT2D eigenvalue weighted by Gasteiger charge is 2.38. The fourth-order valence-electron chi connectivity index (χ4n) is 4.80. The second kappa shape index (κ2) is 6.76. The summed E-state index contributed by atoms with van der Waals surface area (Å²) in [5.74, 6) is 1.02. The number of anilines is 3. The summed E-state index contributed by atoms with van der Waals surface area (Å²) in [6.45, 7) is 1.38. The summed E-state index contributed by atoms with van der Waals surface area (Å²) in [7, 11) is 1.77. The minimum atomic E-state index is -0.160. The molecule has 158 valence electrons. The summed E-state index contributed by atoms with van der Waals surface area (Å²) < 4.78 is 1.72. The van der Waals surface area contributed by atoms with Crippen molar-refractivity contribution in [2.75, 3.05) is 35.3 Å². The molecule has 2 fully saturated rings. The van der Waals surface area contributed by atoms with Gasteiger partial charge in [-0.3, -0.25) is 14.2 Å². The molecule has 1 saturated heterocycles. The third kappa shape index (κ3) is 2.79. The van der Waals surface area contributed by atoms with Crippen LogP contribution in [-0.2, 0) is 0 Å². The van der Waals surface area contributed by atoms with Crippen molar-refractivity contribution in [3.05, 3.63) is 46.6 Å². The molecule has 1 aliphatic carbocycles. The maximum absolute atomic E-state index is 13.7. The number of benzene rings is 1. The molecule has 0 bridgehead atoms. The third-order valence-corrected chi connectivity index (χ3v) is 6.53. The molecule has 0 spiro atoms. The van der Waals surface area contributed by atoms with Gasteiger partial charge >= 0.3 is 0 Å². The lowest BCUT2D eigenvalue weighted by atomic mass is 10.1. The molecule has 1 atom stereocenters. The largest absolute Gasteiger partial charge is 0.357 e. The van der Waals surface area contributed by atoms with Crippen LogP contribution >= 0.6 is 0 Å². The van der Waals surface area contributed by atoms with Crippen LogP contribution in [0.1, 0.15) is 42.1 Å². The minimum absolute atomic E-state index is 0.0403. The average Bonchev–Trinajstić information content (AvgIpc) is 3.55. The van der Waals surface area contributed by atoms with Crippen LogP contribution in [0.5, 0.6) is 0 Å². The van der Waals surface area contributed by atoms with Gasteiger partial charge in [0.2, 0.25) is 5.95 Å². The van der Waals surface area contributed by atoms with Crippen LogP contribution in [0.2, 0.25) is 0 Å². The monoisotopic (exact) mass is 417 g/mol. The lowest BCUT2D eigenvalue weighted by Crippen LogP contribution is -2.40. The Morgan fingerprint density at radius 1 is 1.10 bits per heavy atom. The zero-order valence-electron chi connectivity index (χ0n) is 17.3. The Labute approximate surface area is 178 Å². The summed E-state index contributed by atoms with van der Waals surface area (Å²) in [4.78, 5) is 44.2. The number of rotatable bonds is 3. The molecule has 1 amide bonds. The van der Waals surface area contributed by atoms with Crippen molar-refractivity contribution < 1.29 is 4.79 Å². The Hall–Kier alpha value is -3.49. The molecule has 2 aromatic heterocycles. The lowest BCUT2D eigenvalue weighted by molar-refractivity contribution is 0.0988. The van der Waals surface area contributed by atoms with Gasteiger partial charge in [0.1, 0.15) is 16.9 Å². The number of hydrogen-bond acceptors (Lipinski definition) is 7. The van der Waals surface area contributed by atoms with E-state index in [4.69, 9.17) is 0 Å². The van der Waals surface area contributed by atoms with Crippen LogP contribution in [0.25, 0.3) is 10.9 Å². The van der Waals surface area contributed by atoms with E-state index >= 15 is 0 Å². The molecule has 0 unspecified atom stereocenters. The molecule has 4 heterocycles. The van der Waals surface area contributed by atoms with E-state index in [1.54, 1.807) is 35.1 Å². The molecule has 1 saturated carbocycles. The molecule has 0 radical (unpaired) electrons. The van der Waals surface area contributed by atoms with E-state index < -0.39 is 0 Å². The van der Waals surface area contributed by atoms with E-state index in [2.05, 4.69) is 25.2 Å². The van der Waals surface area contributed by atoms with Crippen LogP contribution in [0.4, 0.5) is 17.5 Å². The highest BCUT2D eigenvalue weighted by Crippen LogP contribution is 2.36. The van der Waals surface area contributed by atoms with E-state index in [9.17, 15) is 9.59 Å². The highest BCUT2D eigenvalue weighted by atomic mass is 16.2. The first kappa shape index (κ1) is 18.3. The number of carbonyl (C=O) groups excluding carboxylic acids is 1. The Morgan fingerprint density at radius 2 is 1.97 bits per heavy atom. The molecular weight excluding hydrogens is 394 g/mol. The van der Waals surface area contributed by atoms with Crippen molar-refractivity contribution in [3.8, 4) is 0 Å². The van der Waals surface area contributed by atoms with Crippen LogP contribution in [0.3, 0.4) is 0 Å². The number of aromatic nitrogens is 4. The van der Waals surface area contributed by atoms with Gasteiger partial charge in [0, 0.05) is 38.4 Å². The molecular formula is C22H23N7O2.